The molecule has 0 aliphatic carbocycles. The Balaban J connectivity index is 1.29. The molecule has 1 N–H and O–H groups in total. The summed E-state index contributed by atoms with van der Waals surface area (Å²) in [6.45, 7) is 5.90. The molecule has 172 valence electrons. The molecular formula is C25H35N5O2. The molecule has 1 amide bonds. The molecule has 7 heteroatoms. The molecular weight excluding hydrogens is 402 g/mol. The first kappa shape index (κ1) is 22.5. The Bertz CT molecular complexity index is 921. The van der Waals surface area contributed by atoms with Gasteiger partial charge in [0.1, 0.15) is 0 Å². The summed E-state index contributed by atoms with van der Waals surface area (Å²) in [5.74, 6) is 0.0922. The fourth-order valence-electron chi connectivity index (χ4n) is 4.74. The Morgan fingerprint density at radius 2 is 1.81 bits per heavy atom. The molecule has 4 rings (SSSR count). The van der Waals surface area contributed by atoms with Crippen LogP contribution in [0.4, 0.5) is 5.69 Å². The van der Waals surface area contributed by atoms with E-state index in [0.29, 0.717) is 19.6 Å². The van der Waals surface area contributed by atoms with Crippen LogP contribution < -0.4 is 15.8 Å². The van der Waals surface area contributed by atoms with E-state index < -0.39 is 0 Å². The summed E-state index contributed by atoms with van der Waals surface area (Å²) in [4.78, 5) is 30.0. The van der Waals surface area contributed by atoms with Gasteiger partial charge in [-0.2, -0.15) is 5.10 Å². The highest BCUT2D eigenvalue weighted by molar-refractivity contribution is 5.79. The highest BCUT2D eigenvalue weighted by atomic mass is 16.2. The van der Waals surface area contributed by atoms with Gasteiger partial charge in [0.05, 0.1) is 24.3 Å². The van der Waals surface area contributed by atoms with Gasteiger partial charge < -0.3 is 15.1 Å². The molecule has 0 unspecified atom stereocenters. The van der Waals surface area contributed by atoms with Gasteiger partial charge in [-0.1, -0.05) is 43.2 Å². The third-order valence-corrected chi connectivity index (χ3v) is 6.61. The number of hydrogen-bond donors (Lipinski definition) is 1. The average Bonchev–Trinajstić information content (AvgIpc) is 3.10. The number of hydrogen-bond acceptors (Lipinski definition) is 5. The smallest absolute Gasteiger partial charge is 0.269 e. The molecule has 3 heterocycles. The third kappa shape index (κ3) is 6.19. The molecule has 2 aromatic rings. The number of aromatic nitrogens is 2. The minimum absolute atomic E-state index is 0.0420. The third-order valence-electron chi connectivity index (χ3n) is 6.61. The maximum absolute atomic E-state index is 12.8. The van der Waals surface area contributed by atoms with Gasteiger partial charge in [0.25, 0.3) is 5.56 Å². The zero-order valence-electron chi connectivity index (χ0n) is 18.9. The molecule has 0 saturated carbocycles. The van der Waals surface area contributed by atoms with Crippen molar-refractivity contribution in [3.63, 3.8) is 0 Å². The predicted molar refractivity (Wildman–Crippen MR) is 127 cm³/mol. The van der Waals surface area contributed by atoms with Gasteiger partial charge in [-0.15, -0.1) is 0 Å². The van der Waals surface area contributed by atoms with Crippen LogP contribution in [0.2, 0.25) is 0 Å². The van der Waals surface area contributed by atoms with Crippen LogP contribution in [0.3, 0.4) is 0 Å². The second-order valence-electron chi connectivity index (χ2n) is 9.03. The van der Waals surface area contributed by atoms with Crippen molar-refractivity contribution in [1.29, 1.82) is 0 Å². The van der Waals surface area contributed by atoms with Gasteiger partial charge in [0.15, 0.2) is 0 Å². The monoisotopic (exact) mass is 437 g/mol. The summed E-state index contributed by atoms with van der Waals surface area (Å²) in [6.07, 6.45) is 8.78. The fraction of sp³-hybridized carbons (Fsp3) is 0.560. The Kier molecular flexibility index (Phi) is 7.93. The molecule has 7 nitrogen and oxygen atoms in total. The molecule has 2 aliphatic rings. The number of amides is 1. The van der Waals surface area contributed by atoms with E-state index in [4.69, 9.17) is 0 Å². The standard InChI is InChI=1S/C25H35N5O2/c31-24-17-23(18-27-30(24)19-21-9-4-3-5-10-21)29-15-8-11-22(20-29)25(32)26-12-16-28-13-6-1-2-7-14-28/h3-5,9-10,17-18,22H,1-2,6-8,11-16,19-20H2,(H,26,32)/t22-/m0/s1. The Morgan fingerprint density at radius 1 is 1.03 bits per heavy atom. The number of likely N-dealkylation sites (tertiary alicyclic amines) is 1. The van der Waals surface area contributed by atoms with Crippen molar-refractivity contribution < 1.29 is 4.79 Å². The zero-order valence-corrected chi connectivity index (χ0v) is 18.9. The molecule has 2 aliphatic heterocycles. The van der Waals surface area contributed by atoms with Gasteiger partial charge >= 0.3 is 0 Å². The molecule has 0 spiro atoms. The first-order chi connectivity index (χ1) is 15.7. The maximum atomic E-state index is 12.8. The first-order valence-electron chi connectivity index (χ1n) is 12.1. The van der Waals surface area contributed by atoms with Crippen molar-refractivity contribution in [3.8, 4) is 0 Å². The Hall–Kier alpha value is -2.67. The normalized spacial score (nSPS) is 20.0. The summed E-state index contributed by atoms with van der Waals surface area (Å²) in [6, 6.07) is 11.5. The van der Waals surface area contributed by atoms with Gasteiger partial charge in [-0.3, -0.25) is 9.59 Å². The first-order valence-corrected chi connectivity index (χ1v) is 12.1. The minimum atomic E-state index is -0.115. The lowest BCUT2D eigenvalue weighted by Crippen LogP contribution is -2.45. The lowest BCUT2D eigenvalue weighted by atomic mass is 9.97. The van der Waals surface area contributed by atoms with Crippen molar-refractivity contribution in [2.24, 2.45) is 5.92 Å². The SMILES string of the molecule is O=C(NCCN1CCCCCC1)[C@H]1CCCN(c2cnn(Cc3ccccc3)c(=O)c2)C1. The number of carbonyl (C=O) groups excluding carboxylic acids is 1. The summed E-state index contributed by atoms with van der Waals surface area (Å²) in [7, 11) is 0. The van der Waals surface area contributed by atoms with Crippen LogP contribution in [-0.2, 0) is 11.3 Å². The summed E-state index contributed by atoms with van der Waals surface area (Å²) in [5, 5.41) is 7.54. The largest absolute Gasteiger partial charge is 0.369 e. The molecule has 2 saturated heterocycles. The summed E-state index contributed by atoms with van der Waals surface area (Å²) >= 11 is 0. The molecule has 1 aromatic carbocycles. The van der Waals surface area contributed by atoms with Crippen LogP contribution in [-0.4, -0.2) is 59.9 Å². The van der Waals surface area contributed by atoms with E-state index in [-0.39, 0.29) is 17.4 Å². The second-order valence-corrected chi connectivity index (χ2v) is 9.03. The topological polar surface area (TPSA) is 70.5 Å². The quantitative estimate of drug-likeness (QED) is 0.721. The van der Waals surface area contributed by atoms with E-state index >= 15 is 0 Å². The molecule has 0 bridgehead atoms. The summed E-state index contributed by atoms with van der Waals surface area (Å²) in [5.41, 5.74) is 1.74. The van der Waals surface area contributed by atoms with E-state index in [0.717, 1.165) is 50.3 Å². The average molecular weight is 438 g/mol. The fourth-order valence-corrected chi connectivity index (χ4v) is 4.74. The van der Waals surface area contributed by atoms with E-state index in [1.54, 1.807) is 12.3 Å². The highest BCUT2D eigenvalue weighted by Crippen LogP contribution is 2.22. The van der Waals surface area contributed by atoms with Crippen LogP contribution >= 0.6 is 0 Å². The number of benzene rings is 1. The number of piperidine rings is 1. The van der Waals surface area contributed by atoms with Gasteiger partial charge in [0.2, 0.25) is 5.91 Å². The zero-order chi connectivity index (χ0) is 22.2. The van der Waals surface area contributed by atoms with Gasteiger partial charge in [-0.05, 0) is 44.3 Å². The van der Waals surface area contributed by atoms with Crippen molar-refractivity contribution >= 4 is 11.6 Å². The Labute approximate surface area is 190 Å². The van der Waals surface area contributed by atoms with Crippen molar-refractivity contribution in [3.05, 3.63) is 58.5 Å². The molecule has 0 radical (unpaired) electrons. The van der Waals surface area contributed by atoms with Crippen LogP contribution in [0.5, 0.6) is 0 Å². The van der Waals surface area contributed by atoms with E-state index in [9.17, 15) is 9.59 Å². The molecule has 1 aromatic heterocycles. The van der Waals surface area contributed by atoms with Crippen molar-refractivity contribution in [1.82, 2.24) is 20.0 Å². The summed E-state index contributed by atoms with van der Waals surface area (Å²) < 4.78 is 1.48. The minimum Gasteiger partial charge on any atom is -0.369 e. The number of rotatable bonds is 7. The highest BCUT2D eigenvalue weighted by Gasteiger charge is 2.26. The number of nitrogens with zero attached hydrogens (tertiary/aromatic N) is 4. The maximum Gasteiger partial charge on any atom is 0.269 e. The lowest BCUT2D eigenvalue weighted by Gasteiger charge is -2.33. The van der Waals surface area contributed by atoms with Gasteiger partial charge in [0, 0.05) is 32.2 Å². The van der Waals surface area contributed by atoms with Crippen LogP contribution in [0.25, 0.3) is 0 Å². The van der Waals surface area contributed by atoms with E-state index in [1.807, 2.05) is 30.3 Å². The molecule has 32 heavy (non-hydrogen) atoms. The van der Waals surface area contributed by atoms with E-state index in [1.165, 1.54) is 30.4 Å². The van der Waals surface area contributed by atoms with Crippen LogP contribution in [0.1, 0.15) is 44.1 Å². The number of anilines is 1. The van der Waals surface area contributed by atoms with Gasteiger partial charge in [-0.25, -0.2) is 4.68 Å². The predicted octanol–water partition coefficient (Wildman–Crippen LogP) is 2.50. The Morgan fingerprint density at radius 3 is 2.56 bits per heavy atom. The number of carbonyl (C=O) groups is 1. The lowest BCUT2D eigenvalue weighted by molar-refractivity contribution is -0.125. The van der Waals surface area contributed by atoms with Crippen molar-refractivity contribution in [2.45, 2.75) is 45.1 Å². The van der Waals surface area contributed by atoms with Crippen LogP contribution in [0, 0.1) is 5.92 Å². The van der Waals surface area contributed by atoms with E-state index in [2.05, 4.69) is 20.2 Å². The molecule has 1 atom stereocenters. The van der Waals surface area contributed by atoms with Crippen molar-refractivity contribution in [2.75, 3.05) is 44.2 Å². The number of nitrogens with one attached hydrogen (secondary N) is 1. The molecule has 2 fully saturated rings. The second kappa shape index (κ2) is 11.3. The van der Waals surface area contributed by atoms with Crippen LogP contribution in [0.15, 0.2) is 47.4 Å².